The second kappa shape index (κ2) is 4.91. The number of aromatic nitrogens is 3. The molecule has 1 atom stereocenters. The second-order valence-electron chi connectivity index (χ2n) is 3.64. The van der Waals surface area contributed by atoms with Gasteiger partial charge in [0.05, 0.1) is 19.3 Å². The number of amides is 1. The summed E-state index contributed by atoms with van der Waals surface area (Å²) in [5, 5.41) is 16.1. The number of hydrogen-bond donors (Lipinski definition) is 1. The molecule has 1 fully saturated rings. The molecule has 8 heteroatoms. The molecule has 0 aromatic carbocycles. The topological polar surface area (TPSA) is 97.6 Å². The van der Waals surface area contributed by atoms with Gasteiger partial charge in [-0.3, -0.25) is 4.79 Å². The van der Waals surface area contributed by atoms with Crippen LogP contribution in [0.4, 0.5) is 0 Å². The van der Waals surface area contributed by atoms with Crippen LogP contribution in [0.2, 0.25) is 0 Å². The van der Waals surface area contributed by atoms with Gasteiger partial charge in [0, 0.05) is 12.7 Å². The summed E-state index contributed by atoms with van der Waals surface area (Å²) >= 11 is 0. The smallest absolute Gasteiger partial charge is 0.334 e. The molecule has 1 N–H and O–H groups in total. The first kappa shape index (κ1) is 11.5. The number of carboxylic acid groups (broad SMARTS) is 1. The molecule has 8 nitrogen and oxygen atoms in total. The van der Waals surface area contributed by atoms with Crippen LogP contribution in [0.3, 0.4) is 0 Å². The van der Waals surface area contributed by atoms with Crippen molar-refractivity contribution < 1.29 is 19.4 Å². The Hall–Kier alpha value is -1.96. The van der Waals surface area contributed by atoms with Crippen LogP contribution in [0.1, 0.15) is 0 Å². The van der Waals surface area contributed by atoms with E-state index in [1.165, 1.54) is 15.8 Å². The third kappa shape index (κ3) is 2.78. The fourth-order valence-electron chi connectivity index (χ4n) is 1.58. The van der Waals surface area contributed by atoms with Crippen molar-refractivity contribution in [2.24, 2.45) is 0 Å². The zero-order valence-electron chi connectivity index (χ0n) is 9.02. The van der Waals surface area contributed by atoms with Crippen LogP contribution >= 0.6 is 0 Å². The molecule has 0 saturated carbocycles. The molecule has 1 aromatic rings. The molecule has 0 aliphatic carbocycles. The van der Waals surface area contributed by atoms with E-state index in [9.17, 15) is 9.59 Å². The quantitative estimate of drug-likeness (QED) is 0.697. The van der Waals surface area contributed by atoms with Crippen molar-refractivity contribution in [3.63, 3.8) is 0 Å². The average Bonchev–Trinajstić information content (AvgIpc) is 2.82. The molecular formula is C9H12N4O4. The number of carboxylic acids is 1. The Balaban J connectivity index is 1.93. The van der Waals surface area contributed by atoms with Gasteiger partial charge >= 0.3 is 5.97 Å². The minimum Gasteiger partial charge on any atom is -0.479 e. The zero-order chi connectivity index (χ0) is 12.3. The molecule has 0 spiro atoms. The molecule has 0 bridgehead atoms. The summed E-state index contributed by atoms with van der Waals surface area (Å²) in [4.78, 5) is 24.0. The number of ether oxygens (including phenoxy) is 1. The molecule has 2 rings (SSSR count). The number of hydrogen-bond acceptors (Lipinski definition) is 5. The van der Waals surface area contributed by atoms with E-state index in [1.807, 2.05) is 0 Å². The summed E-state index contributed by atoms with van der Waals surface area (Å²) in [6.07, 6.45) is 2.11. The van der Waals surface area contributed by atoms with Crippen molar-refractivity contribution in [2.45, 2.75) is 12.6 Å². The maximum absolute atomic E-state index is 11.8. The fraction of sp³-hybridized carbons (Fsp3) is 0.556. The molecule has 1 amide bonds. The molecule has 2 heterocycles. The van der Waals surface area contributed by atoms with E-state index in [0.717, 1.165) is 0 Å². The van der Waals surface area contributed by atoms with Crippen LogP contribution in [0.25, 0.3) is 0 Å². The minimum atomic E-state index is -1.05. The van der Waals surface area contributed by atoms with Gasteiger partial charge in [-0.15, -0.1) is 5.10 Å². The monoisotopic (exact) mass is 240 g/mol. The van der Waals surface area contributed by atoms with Crippen LogP contribution in [0.15, 0.2) is 12.4 Å². The number of aliphatic carboxylic acids is 1. The van der Waals surface area contributed by atoms with Crippen molar-refractivity contribution in [2.75, 3.05) is 19.7 Å². The Bertz CT molecular complexity index is 405. The average molecular weight is 240 g/mol. The Morgan fingerprint density at radius 1 is 1.53 bits per heavy atom. The second-order valence-corrected chi connectivity index (χ2v) is 3.64. The Morgan fingerprint density at radius 3 is 3.00 bits per heavy atom. The molecule has 1 aromatic heterocycles. The Kier molecular flexibility index (Phi) is 3.33. The van der Waals surface area contributed by atoms with Crippen molar-refractivity contribution >= 4 is 11.9 Å². The molecule has 1 aliphatic rings. The summed E-state index contributed by atoms with van der Waals surface area (Å²) in [5.41, 5.74) is 0. The van der Waals surface area contributed by atoms with Gasteiger partial charge in [0.1, 0.15) is 6.54 Å². The molecule has 1 aliphatic heterocycles. The first-order chi connectivity index (χ1) is 8.16. The van der Waals surface area contributed by atoms with Crippen molar-refractivity contribution in [1.82, 2.24) is 19.9 Å². The highest BCUT2D eigenvalue weighted by Crippen LogP contribution is 2.06. The summed E-state index contributed by atoms with van der Waals surface area (Å²) in [7, 11) is 0. The lowest BCUT2D eigenvalue weighted by atomic mass is 10.2. The van der Waals surface area contributed by atoms with Gasteiger partial charge in [0.25, 0.3) is 0 Å². The molecule has 92 valence electrons. The van der Waals surface area contributed by atoms with Gasteiger partial charge in [-0.25, -0.2) is 9.48 Å². The molecule has 1 unspecified atom stereocenters. The normalized spacial score (nSPS) is 20.2. The maximum Gasteiger partial charge on any atom is 0.334 e. The van der Waals surface area contributed by atoms with Crippen LogP contribution in [-0.4, -0.2) is 62.7 Å². The highest BCUT2D eigenvalue weighted by molar-refractivity contribution is 5.78. The highest BCUT2D eigenvalue weighted by atomic mass is 16.5. The van der Waals surface area contributed by atoms with Crippen molar-refractivity contribution in [3.8, 4) is 0 Å². The summed E-state index contributed by atoms with van der Waals surface area (Å²) in [6, 6.07) is 0. The first-order valence-corrected chi connectivity index (χ1v) is 5.13. The Labute approximate surface area is 96.8 Å². The molecule has 17 heavy (non-hydrogen) atoms. The summed E-state index contributed by atoms with van der Waals surface area (Å²) in [5.74, 6) is -1.24. The van der Waals surface area contributed by atoms with Crippen molar-refractivity contribution in [1.29, 1.82) is 0 Å². The van der Waals surface area contributed by atoms with E-state index in [-0.39, 0.29) is 25.6 Å². The van der Waals surface area contributed by atoms with E-state index < -0.39 is 12.1 Å². The number of carbonyl (C=O) groups excluding carboxylic acids is 1. The standard InChI is InChI=1S/C9H12N4O4/c14-8(6-13-2-1-10-11-13)12-3-4-17-7(5-12)9(15)16/h1-2,7H,3-6H2,(H,15,16). The highest BCUT2D eigenvalue weighted by Gasteiger charge is 2.28. The largest absolute Gasteiger partial charge is 0.479 e. The number of nitrogens with zero attached hydrogens (tertiary/aromatic N) is 4. The number of rotatable bonds is 3. The third-order valence-electron chi connectivity index (χ3n) is 2.46. The van der Waals surface area contributed by atoms with Crippen molar-refractivity contribution in [3.05, 3.63) is 12.4 Å². The van der Waals surface area contributed by atoms with E-state index in [1.54, 1.807) is 6.20 Å². The fourth-order valence-corrected chi connectivity index (χ4v) is 1.58. The van der Waals surface area contributed by atoms with E-state index >= 15 is 0 Å². The molecule has 0 radical (unpaired) electrons. The van der Waals surface area contributed by atoms with Gasteiger partial charge in [0.2, 0.25) is 5.91 Å². The van der Waals surface area contributed by atoms with Crippen LogP contribution in [0.5, 0.6) is 0 Å². The molecule has 1 saturated heterocycles. The van der Waals surface area contributed by atoms with Gasteiger partial charge < -0.3 is 14.7 Å². The first-order valence-electron chi connectivity index (χ1n) is 5.13. The van der Waals surface area contributed by atoms with Gasteiger partial charge in [0.15, 0.2) is 6.10 Å². The Morgan fingerprint density at radius 2 is 2.35 bits per heavy atom. The van der Waals surface area contributed by atoms with Crippen LogP contribution < -0.4 is 0 Å². The molecular weight excluding hydrogens is 228 g/mol. The lowest BCUT2D eigenvalue weighted by molar-refractivity contribution is -0.159. The van der Waals surface area contributed by atoms with Gasteiger partial charge in [-0.2, -0.15) is 0 Å². The maximum atomic E-state index is 11.8. The summed E-state index contributed by atoms with van der Waals surface area (Å²) in [6.45, 7) is 0.770. The SMILES string of the molecule is O=C(O)C1CN(C(=O)Cn2ccnn2)CCO1. The summed E-state index contributed by atoms with van der Waals surface area (Å²) < 4.78 is 6.42. The van der Waals surface area contributed by atoms with Crippen LogP contribution in [-0.2, 0) is 20.9 Å². The number of morpholine rings is 1. The zero-order valence-corrected chi connectivity index (χ0v) is 9.02. The van der Waals surface area contributed by atoms with Crippen LogP contribution in [0, 0.1) is 0 Å². The van der Waals surface area contributed by atoms with E-state index in [4.69, 9.17) is 9.84 Å². The predicted octanol–water partition coefficient (Wildman–Crippen LogP) is -1.41. The van der Waals surface area contributed by atoms with E-state index in [0.29, 0.717) is 6.54 Å². The van der Waals surface area contributed by atoms with Gasteiger partial charge in [-0.1, -0.05) is 5.21 Å². The van der Waals surface area contributed by atoms with Gasteiger partial charge in [-0.05, 0) is 0 Å². The van der Waals surface area contributed by atoms with E-state index in [2.05, 4.69) is 10.3 Å². The third-order valence-corrected chi connectivity index (χ3v) is 2.46. The lowest BCUT2D eigenvalue weighted by Crippen LogP contribution is -2.49. The minimum absolute atomic E-state index is 0.0618. The predicted molar refractivity (Wildman–Crippen MR) is 54.0 cm³/mol. The lowest BCUT2D eigenvalue weighted by Gasteiger charge is -2.30. The number of carbonyl (C=O) groups is 2.